The monoisotopic (exact) mass is 681 g/mol. The van der Waals surface area contributed by atoms with Gasteiger partial charge in [-0.3, -0.25) is 23.4 Å². The van der Waals surface area contributed by atoms with Crippen LogP contribution in [-0.4, -0.2) is 107 Å². The van der Waals surface area contributed by atoms with Crippen molar-refractivity contribution in [1.82, 2.24) is 10.6 Å². The summed E-state index contributed by atoms with van der Waals surface area (Å²) in [4.78, 5) is 46.9. The van der Waals surface area contributed by atoms with Crippen LogP contribution in [0.1, 0.15) is 30.1 Å². The van der Waals surface area contributed by atoms with Gasteiger partial charge in [0.25, 0.3) is 5.91 Å². The molecule has 2 amide bonds. The topological polar surface area (TPSA) is 207 Å². The third-order valence-electron chi connectivity index (χ3n) is 5.99. The smallest absolute Gasteiger partial charge is 0.463 e. The summed E-state index contributed by atoms with van der Waals surface area (Å²) in [6.07, 6.45) is -1.11. The number of aliphatic hydroxyl groups is 1. The van der Waals surface area contributed by atoms with Gasteiger partial charge >= 0.3 is 13.8 Å². The molecule has 0 saturated carbocycles. The predicted octanol–water partition coefficient (Wildman–Crippen LogP) is 2.89. The molecule has 1 unspecified atom stereocenters. The molecule has 0 aromatic heterocycles. The second-order valence-electron chi connectivity index (χ2n) is 10.0. The van der Waals surface area contributed by atoms with Crippen LogP contribution in [-0.2, 0) is 37.4 Å². The van der Waals surface area contributed by atoms with E-state index in [1.807, 2.05) is 43.3 Å². The zero-order valence-electron chi connectivity index (χ0n) is 26.8. The molecule has 2 atom stereocenters. The molecule has 47 heavy (non-hydrogen) atoms. The number of rotatable bonds is 23. The zero-order chi connectivity index (χ0) is 34.5. The van der Waals surface area contributed by atoms with Gasteiger partial charge in [-0.15, -0.1) is 0 Å². The van der Waals surface area contributed by atoms with Crippen LogP contribution >= 0.6 is 7.82 Å². The fourth-order valence-electron chi connectivity index (χ4n) is 3.43. The largest absolute Gasteiger partial charge is 0.472 e. The minimum atomic E-state index is -4.46. The maximum absolute atomic E-state index is 12.4. The second kappa shape index (κ2) is 21.9. The normalized spacial score (nSPS) is 13.1. The van der Waals surface area contributed by atoms with E-state index in [0.29, 0.717) is 17.8 Å². The molecule has 0 fully saturated rings. The van der Waals surface area contributed by atoms with E-state index in [1.165, 1.54) is 0 Å². The van der Waals surface area contributed by atoms with E-state index in [-0.39, 0.29) is 70.8 Å². The van der Waals surface area contributed by atoms with Crippen molar-refractivity contribution in [1.29, 1.82) is 0 Å². The number of carbonyl (C=O) groups excluding carboxylic acids is 3. The molecule has 0 aliphatic carbocycles. The summed E-state index contributed by atoms with van der Waals surface area (Å²) in [6.45, 7) is 1.48. The van der Waals surface area contributed by atoms with Crippen molar-refractivity contribution >= 4 is 42.7 Å². The number of hydrogen-bond acceptors (Lipinski definition) is 13. The van der Waals surface area contributed by atoms with Crippen LogP contribution < -0.4 is 15.5 Å². The Hall–Kier alpha value is -3.76. The van der Waals surface area contributed by atoms with Crippen LogP contribution in [0.15, 0.2) is 58.8 Å². The summed E-state index contributed by atoms with van der Waals surface area (Å²) < 4.78 is 36.6. The molecule has 0 heterocycles. The summed E-state index contributed by atoms with van der Waals surface area (Å²) >= 11 is 0. The molecule has 2 aromatic carbocycles. The minimum absolute atomic E-state index is 0.0516. The number of anilines is 1. The van der Waals surface area contributed by atoms with Gasteiger partial charge in [0.05, 0.1) is 51.0 Å². The number of nitrogens with zero attached hydrogens (tertiary/aromatic N) is 3. The van der Waals surface area contributed by atoms with Crippen molar-refractivity contribution < 1.29 is 52.2 Å². The summed E-state index contributed by atoms with van der Waals surface area (Å²) in [7, 11) is -0.535. The van der Waals surface area contributed by atoms with E-state index < -0.39 is 26.5 Å². The molecule has 2 rings (SSSR count). The number of nitrogens with one attached hydrogen (secondary N) is 2. The van der Waals surface area contributed by atoms with Gasteiger partial charge in [0.2, 0.25) is 5.91 Å². The minimum Gasteiger partial charge on any atom is -0.463 e. The number of aliphatic hydroxyl groups excluding tert-OH is 1. The first-order chi connectivity index (χ1) is 22.5. The molecule has 260 valence electrons. The predicted molar refractivity (Wildman–Crippen MR) is 172 cm³/mol. The molecular formula is C30H44N5O11P. The van der Waals surface area contributed by atoms with Gasteiger partial charge in [-0.2, -0.15) is 10.2 Å². The summed E-state index contributed by atoms with van der Waals surface area (Å²) in [5.41, 5.74) is 2.89. The van der Waals surface area contributed by atoms with Crippen molar-refractivity contribution in [3.05, 3.63) is 54.1 Å². The van der Waals surface area contributed by atoms with E-state index in [9.17, 15) is 28.9 Å². The first-order valence-electron chi connectivity index (χ1n) is 14.9. The Morgan fingerprint density at radius 3 is 2.04 bits per heavy atom. The molecule has 0 spiro atoms. The van der Waals surface area contributed by atoms with Gasteiger partial charge < -0.3 is 39.7 Å². The molecule has 2 aromatic rings. The number of carbonyl (C=O) groups is 3. The molecule has 0 radical (unpaired) electrons. The lowest BCUT2D eigenvalue weighted by Crippen LogP contribution is -2.28. The van der Waals surface area contributed by atoms with Crippen molar-refractivity contribution in [2.24, 2.45) is 10.2 Å². The van der Waals surface area contributed by atoms with Crippen LogP contribution in [0.3, 0.4) is 0 Å². The van der Waals surface area contributed by atoms with Crippen LogP contribution in [0.2, 0.25) is 0 Å². The van der Waals surface area contributed by atoms with Gasteiger partial charge in [0.1, 0.15) is 12.7 Å². The lowest BCUT2D eigenvalue weighted by atomic mass is 10.2. The molecule has 17 heteroatoms. The van der Waals surface area contributed by atoms with Gasteiger partial charge in [-0.05, 0) is 48.5 Å². The van der Waals surface area contributed by atoms with Crippen LogP contribution in [0.25, 0.3) is 0 Å². The Balaban J connectivity index is 1.47. The molecule has 0 aliphatic rings. The number of azo groups is 1. The van der Waals surface area contributed by atoms with Gasteiger partial charge in [-0.1, -0.05) is 6.92 Å². The van der Waals surface area contributed by atoms with Gasteiger partial charge in [0.15, 0.2) is 0 Å². The number of phosphoric acid groups is 1. The third-order valence-corrected chi connectivity index (χ3v) is 6.97. The van der Waals surface area contributed by atoms with E-state index in [1.54, 1.807) is 31.2 Å². The summed E-state index contributed by atoms with van der Waals surface area (Å²) in [6, 6.07) is 14.4. The standard InChI is InChI=1S/C30H44N5O11P/c1-4-29(38)44-21-27(36)22-46-47(40,41)45-18-15-31-28(37)13-16-42-19-20-43-17-14-32-30(39)23-5-7-24(8-6-23)33-34-25-9-11-26(12-10-25)35(2)3/h5-12,27,36H,4,13-22H2,1-3H3,(H,31,37)(H,32,39)(H,40,41)/b34-33+/t27-/m1/s1. The van der Waals surface area contributed by atoms with Crippen LogP contribution in [0.4, 0.5) is 17.1 Å². The number of esters is 1. The van der Waals surface area contributed by atoms with Crippen molar-refractivity contribution in [2.45, 2.75) is 25.9 Å². The number of benzene rings is 2. The Morgan fingerprint density at radius 2 is 1.43 bits per heavy atom. The summed E-state index contributed by atoms with van der Waals surface area (Å²) in [5.74, 6) is -1.13. The Kier molecular flexibility index (Phi) is 18.4. The van der Waals surface area contributed by atoms with Crippen molar-refractivity contribution in [3.8, 4) is 0 Å². The van der Waals surface area contributed by atoms with Crippen molar-refractivity contribution in [2.75, 3.05) is 78.3 Å². The summed E-state index contributed by atoms with van der Waals surface area (Å²) in [5, 5.41) is 23.3. The van der Waals surface area contributed by atoms with Crippen LogP contribution in [0.5, 0.6) is 0 Å². The fourth-order valence-corrected chi connectivity index (χ4v) is 4.19. The number of ether oxygens (including phenoxy) is 3. The third kappa shape index (κ3) is 17.7. The van der Waals surface area contributed by atoms with Gasteiger partial charge in [-0.25, -0.2) is 4.57 Å². The highest BCUT2D eigenvalue weighted by Crippen LogP contribution is 2.42. The zero-order valence-corrected chi connectivity index (χ0v) is 27.7. The first kappa shape index (κ1) is 39.4. The maximum atomic E-state index is 12.4. The maximum Gasteiger partial charge on any atom is 0.472 e. The highest BCUT2D eigenvalue weighted by molar-refractivity contribution is 7.47. The Bertz CT molecular complexity index is 1310. The molecule has 0 bridgehead atoms. The van der Waals surface area contributed by atoms with E-state index in [0.717, 1.165) is 11.4 Å². The lowest BCUT2D eigenvalue weighted by Gasteiger charge is -2.15. The Labute approximate surface area is 274 Å². The average Bonchev–Trinajstić information content (AvgIpc) is 3.06. The average molecular weight is 682 g/mol. The highest BCUT2D eigenvalue weighted by atomic mass is 31.2. The molecular weight excluding hydrogens is 637 g/mol. The molecule has 0 saturated heterocycles. The second-order valence-corrected chi connectivity index (χ2v) is 11.5. The van der Waals surface area contributed by atoms with Crippen molar-refractivity contribution in [3.63, 3.8) is 0 Å². The quantitative estimate of drug-likeness (QED) is 0.0578. The molecule has 0 aliphatic heterocycles. The molecule has 4 N–H and O–H groups in total. The van der Waals surface area contributed by atoms with Crippen LogP contribution in [0, 0.1) is 0 Å². The SMILES string of the molecule is CCC(=O)OC[C@@H](O)COP(=O)(O)OCCNC(=O)CCOCCOCCNC(=O)c1ccc(/N=N/c2ccc(N(C)C)cc2)cc1. The first-order valence-corrected chi connectivity index (χ1v) is 16.4. The van der Waals surface area contributed by atoms with E-state index in [4.69, 9.17) is 18.7 Å². The van der Waals surface area contributed by atoms with E-state index in [2.05, 4.69) is 25.4 Å². The highest BCUT2D eigenvalue weighted by Gasteiger charge is 2.23. The Morgan fingerprint density at radius 1 is 0.830 bits per heavy atom. The van der Waals surface area contributed by atoms with Gasteiger partial charge in [0, 0.05) is 51.3 Å². The van der Waals surface area contributed by atoms with E-state index >= 15 is 0 Å². The number of amides is 2. The fraction of sp³-hybridized carbons (Fsp3) is 0.500. The molecule has 16 nitrogen and oxygen atoms in total. The number of phosphoric ester groups is 1. The lowest BCUT2D eigenvalue weighted by molar-refractivity contribution is -0.146. The number of hydrogen-bond donors (Lipinski definition) is 4.